The molecule has 0 aliphatic heterocycles. The van der Waals surface area contributed by atoms with Crippen molar-refractivity contribution < 1.29 is 4.42 Å². The Balaban J connectivity index is 1.93. The Kier molecular flexibility index (Phi) is 3.32. The van der Waals surface area contributed by atoms with Crippen molar-refractivity contribution in [3.8, 4) is 28.5 Å². The molecule has 0 unspecified atom stereocenters. The average Bonchev–Trinajstić information content (AvgIpc) is 3.23. The second-order valence-corrected chi connectivity index (χ2v) is 5.19. The molecule has 1 aromatic carbocycles. The predicted octanol–water partition coefficient (Wildman–Crippen LogP) is 3.65. The summed E-state index contributed by atoms with van der Waals surface area (Å²) in [5, 5.41) is 11.3. The lowest BCUT2D eigenvalue weighted by Gasteiger charge is -2.06. The fourth-order valence-electron chi connectivity index (χ4n) is 2.31. The van der Waals surface area contributed by atoms with Crippen molar-refractivity contribution in [3.63, 3.8) is 0 Å². The molecule has 0 fully saturated rings. The molecule has 0 spiro atoms. The zero-order chi connectivity index (χ0) is 15.6. The molecule has 4 aromatic rings. The van der Waals surface area contributed by atoms with E-state index < -0.39 is 0 Å². The van der Waals surface area contributed by atoms with Gasteiger partial charge in [-0.2, -0.15) is 5.10 Å². The van der Waals surface area contributed by atoms with Crippen LogP contribution in [0.1, 0.15) is 0 Å². The molecular weight excluding hydrogens is 310 g/mol. The van der Waals surface area contributed by atoms with E-state index in [1.165, 1.54) is 0 Å². The molecule has 1 N–H and O–H groups in total. The molecule has 3 aromatic heterocycles. The number of para-hydroxylation sites is 1. The molecule has 0 bridgehead atoms. The molecule has 0 aliphatic rings. The van der Waals surface area contributed by atoms with Gasteiger partial charge < -0.3 is 4.42 Å². The summed E-state index contributed by atoms with van der Waals surface area (Å²) in [6.07, 6.45) is 3.53. The molecule has 0 amide bonds. The third-order valence-electron chi connectivity index (χ3n) is 3.32. The summed E-state index contributed by atoms with van der Waals surface area (Å²) in [4.78, 5) is 4.40. The molecule has 0 saturated heterocycles. The van der Waals surface area contributed by atoms with Gasteiger partial charge >= 0.3 is 0 Å². The highest BCUT2D eigenvalue weighted by Gasteiger charge is 2.16. The number of benzene rings is 1. The maximum absolute atomic E-state index is 5.37. The number of pyridine rings is 1. The third-order valence-corrected chi connectivity index (χ3v) is 3.50. The largest absolute Gasteiger partial charge is 0.408 e. The summed E-state index contributed by atoms with van der Waals surface area (Å²) in [6.45, 7) is 0. The van der Waals surface area contributed by atoms with E-state index in [1.807, 2.05) is 53.2 Å². The molecular formula is C16H11N5OS. The maximum Gasteiger partial charge on any atom is 0.284 e. The van der Waals surface area contributed by atoms with Gasteiger partial charge in [0.2, 0.25) is 0 Å². The van der Waals surface area contributed by atoms with Gasteiger partial charge in [-0.1, -0.05) is 18.2 Å². The number of hydrogen-bond donors (Lipinski definition) is 1. The van der Waals surface area contributed by atoms with Crippen LogP contribution in [0, 0.1) is 4.84 Å². The molecule has 0 atom stereocenters. The second-order valence-electron chi connectivity index (χ2n) is 4.82. The predicted molar refractivity (Wildman–Crippen MR) is 87.5 cm³/mol. The monoisotopic (exact) mass is 321 g/mol. The van der Waals surface area contributed by atoms with E-state index in [0.717, 1.165) is 16.9 Å². The Labute approximate surface area is 136 Å². The zero-order valence-corrected chi connectivity index (χ0v) is 12.7. The number of nitrogens with one attached hydrogen (secondary N) is 1. The molecule has 4 rings (SSSR count). The Bertz CT molecular complexity index is 931. The van der Waals surface area contributed by atoms with Crippen LogP contribution in [0.5, 0.6) is 0 Å². The molecule has 6 nitrogen and oxygen atoms in total. The van der Waals surface area contributed by atoms with Gasteiger partial charge in [0, 0.05) is 18.0 Å². The second kappa shape index (κ2) is 5.62. The molecule has 112 valence electrons. The van der Waals surface area contributed by atoms with Gasteiger partial charge in [0.25, 0.3) is 10.7 Å². The number of aromatic nitrogens is 5. The van der Waals surface area contributed by atoms with Crippen LogP contribution in [0.15, 0.2) is 65.3 Å². The van der Waals surface area contributed by atoms with E-state index in [1.54, 1.807) is 12.4 Å². The van der Waals surface area contributed by atoms with Crippen LogP contribution in [0.3, 0.4) is 0 Å². The van der Waals surface area contributed by atoms with Gasteiger partial charge in [0.15, 0.2) is 5.69 Å². The molecule has 7 heteroatoms. The van der Waals surface area contributed by atoms with Crippen molar-refractivity contribution in [1.82, 2.24) is 25.0 Å². The van der Waals surface area contributed by atoms with E-state index in [9.17, 15) is 0 Å². The highest BCUT2D eigenvalue weighted by Crippen LogP contribution is 2.27. The third kappa shape index (κ3) is 2.58. The first-order valence-electron chi connectivity index (χ1n) is 6.93. The van der Waals surface area contributed by atoms with Crippen LogP contribution < -0.4 is 0 Å². The van der Waals surface area contributed by atoms with Gasteiger partial charge in [-0.05, 0) is 42.5 Å². The van der Waals surface area contributed by atoms with Crippen LogP contribution in [-0.2, 0) is 0 Å². The molecule has 3 heterocycles. The molecule has 0 saturated carbocycles. The van der Waals surface area contributed by atoms with E-state index in [-0.39, 0.29) is 4.84 Å². The van der Waals surface area contributed by atoms with E-state index in [2.05, 4.69) is 20.3 Å². The normalized spacial score (nSPS) is 10.8. The smallest absolute Gasteiger partial charge is 0.284 e. The van der Waals surface area contributed by atoms with Crippen molar-refractivity contribution in [3.05, 3.63) is 65.8 Å². The summed E-state index contributed by atoms with van der Waals surface area (Å²) in [5.74, 6) is 0.356. The lowest BCUT2D eigenvalue weighted by Crippen LogP contribution is -1.99. The van der Waals surface area contributed by atoms with Gasteiger partial charge in [-0.25, -0.2) is 9.78 Å². The number of nitrogens with zero attached hydrogens (tertiary/aromatic N) is 4. The highest BCUT2D eigenvalue weighted by molar-refractivity contribution is 7.71. The minimum atomic E-state index is 0.220. The van der Waals surface area contributed by atoms with Crippen molar-refractivity contribution in [1.29, 1.82) is 0 Å². The lowest BCUT2D eigenvalue weighted by molar-refractivity contribution is 0.549. The number of hydrogen-bond acceptors (Lipinski definition) is 5. The molecule has 23 heavy (non-hydrogen) atoms. The summed E-state index contributed by atoms with van der Waals surface area (Å²) in [5.41, 5.74) is 3.37. The van der Waals surface area contributed by atoms with E-state index >= 15 is 0 Å². The van der Waals surface area contributed by atoms with Gasteiger partial charge in [-0.3, -0.25) is 4.98 Å². The highest BCUT2D eigenvalue weighted by atomic mass is 32.1. The maximum atomic E-state index is 5.37. The van der Waals surface area contributed by atoms with Crippen LogP contribution in [0.4, 0.5) is 0 Å². The van der Waals surface area contributed by atoms with Crippen LogP contribution in [-0.4, -0.2) is 25.0 Å². The fourth-order valence-corrected chi connectivity index (χ4v) is 2.44. The van der Waals surface area contributed by atoms with Crippen LogP contribution in [0.25, 0.3) is 28.5 Å². The van der Waals surface area contributed by atoms with Crippen molar-refractivity contribution in [2.24, 2.45) is 0 Å². The summed E-state index contributed by atoms with van der Waals surface area (Å²) in [6, 6.07) is 15.6. The first-order chi connectivity index (χ1) is 11.3. The fraction of sp³-hybridized carbons (Fsp3) is 0. The minimum absolute atomic E-state index is 0.220. The number of rotatable bonds is 3. The zero-order valence-electron chi connectivity index (χ0n) is 11.9. The molecule has 0 radical (unpaired) electrons. The van der Waals surface area contributed by atoms with Crippen LogP contribution in [0.2, 0.25) is 0 Å². The quantitative estimate of drug-likeness (QED) is 0.583. The first kappa shape index (κ1) is 13.6. The van der Waals surface area contributed by atoms with E-state index in [0.29, 0.717) is 11.6 Å². The van der Waals surface area contributed by atoms with Gasteiger partial charge in [-0.15, -0.1) is 5.10 Å². The lowest BCUT2D eigenvalue weighted by atomic mass is 10.2. The van der Waals surface area contributed by atoms with Gasteiger partial charge in [0.05, 0.1) is 11.4 Å². The minimum Gasteiger partial charge on any atom is -0.408 e. The molecule has 0 aliphatic carbocycles. The summed E-state index contributed by atoms with van der Waals surface area (Å²) < 4.78 is 7.20. The number of aromatic amines is 1. The Hall–Kier alpha value is -3.06. The Morgan fingerprint density at radius 3 is 2.65 bits per heavy atom. The average molecular weight is 321 g/mol. The van der Waals surface area contributed by atoms with Gasteiger partial charge in [0.1, 0.15) is 0 Å². The first-order valence-corrected chi connectivity index (χ1v) is 7.34. The van der Waals surface area contributed by atoms with Crippen molar-refractivity contribution >= 4 is 12.2 Å². The topological polar surface area (TPSA) is 72.5 Å². The summed E-state index contributed by atoms with van der Waals surface area (Å²) in [7, 11) is 0. The number of H-pyrrole nitrogens is 1. The van der Waals surface area contributed by atoms with Crippen LogP contribution >= 0.6 is 12.2 Å². The Morgan fingerprint density at radius 1 is 1.09 bits per heavy atom. The van der Waals surface area contributed by atoms with Crippen molar-refractivity contribution in [2.75, 3.05) is 0 Å². The Morgan fingerprint density at radius 2 is 1.96 bits per heavy atom. The SMILES string of the molecule is S=c1[nH]nc(-c2cc(-c3cccnc3)n(-c3ccccc3)n2)o1. The van der Waals surface area contributed by atoms with Crippen molar-refractivity contribution in [2.45, 2.75) is 0 Å². The van der Waals surface area contributed by atoms with E-state index in [4.69, 9.17) is 16.6 Å². The summed E-state index contributed by atoms with van der Waals surface area (Å²) >= 11 is 4.93. The standard InChI is InChI=1S/C16H11N5OS/c23-16-19-18-15(22-16)13-9-14(11-5-4-8-17-10-11)21(20-13)12-6-2-1-3-7-12/h1-10H,(H,19,23).